The molecule has 2 unspecified atom stereocenters. The molecule has 1 aliphatic heterocycles. The number of nitrogens with zero attached hydrogens (tertiary/aromatic N) is 1. The summed E-state index contributed by atoms with van der Waals surface area (Å²) in [6, 6.07) is 14.4. The van der Waals surface area contributed by atoms with Gasteiger partial charge in [0.1, 0.15) is 18.1 Å². The Morgan fingerprint density at radius 3 is 2.77 bits per heavy atom. The number of benzene rings is 2. The molecule has 1 aliphatic rings. The van der Waals surface area contributed by atoms with E-state index in [2.05, 4.69) is 53.7 Å². The Balaban J connectivity index is 1.55. The van der Waals surface area contributed by atoms with Crippen LogP contribution in [0.1, 0.15) is 42.4 Å². The van der Waals surface area contributed by atoms with E-state index in [1.807, 2.05) is 18.2 Å². The summed E-state index contributed by atoms with van der Waals surface area (Å²) in [7, 11) is 3.49. The Morgan fingerprint density at radius 2 is 2.03 bits per heavy atom. The van der Waals surface area contributed by atoms with E-state index in [0.29, 0.717) is 13.2 Å². The summed E-state index contributed by atoms with van der Waals surface area (Å²) in [6.45, 7) is 7.07. The first-order valence-electron chi connectivity index (χ1n) is 11.0. The maximum absolute atomic E-state index is 6.11. The number of guanidine groups is 1. The van der Waals surface area contributed by atoms with Gasteiger partial charge in [-0.1, -0.05) is 37.3 Å². The summed E-state index contributed by atoms with van der Waals surface area (Å²) >= 11 is 0. The van der Waals surface area contributed by atoms with Crippen LogP contribution >= 0.6 is 0 Å². The molecule has 1 heterocycles. The van der Waals surface area contributed by atoms with Crippen molar-refractivity contribution >= 4 is 5.96 Å². The van der Waals surface area contributed by atoms with E-state index in [9.17, 15) is 0 Å². The summed E-state index contributed by atoms with van der Waals surface area (Å²) in [5, 5.41) is 6.82. The quantitative estimate of drug-likeness (QED) is 0.469. The van der Waals surface area contributed by atoms with Crippen LogP contribution in [0.3, 0.4) is 0 Å². The highest BCUT2D eigenvalue weighted by molar-refractivity contribution is 5.79. The molecule has 31 heavy (non-hydrogen) atoms. The van der Waals surface area contributed by atoms with Crippen LogP contribution in [0.25, 0.3) is 0 Å². The summed E-state index contributed by atoms with van der Waals surface area (Å²) in [5.74, 6) is 2.85. The second-order valence-corrected chi connectivity index (χ2v) is 8.01. The molecule has 2 atom stereocenters. The van der Waals surface area contributed by atoms with Crippen LogP contribution in [0.15, 0.2) is 47.5 Å². The first-order valence-corrected chi connectivity index (χ1v) is 11.0. The van der Waals surface area contributed by atoms with Crippen molar-refractivity contribution in [2.75, 3.05) is 33.9 Å². The predicted octanol–water partition coefficient (Wildman–Crippen LogP) is 4.03. The van der Waals surface area contributed by atoms with Gasteiger partial charge in [-0.3, -0.25) is 4.99 Å². The number of aliphatic imine (C=N–C) groups is 1. The van der Waals surface area contributed by atoms with E-state index in [4.69, 9.17) is 14.2 Å². The molecule has 6 nitrogen and oxygen atoms in total. The Morgan fingerprint density at radius 1 is 1.19 bits per heavy atom. The Kier molecular flexibility index (Phi) is 8.59. The molecule has 0 aliphatic carbocycles. The van der Waals surface area contributed by atoms with Crippen molar-refractivity contribution in [2.45, 2.75) is 45.3 Å². The number of rotatable bonds is 9. The minimum Gasteiger partial charge on any atom is -0.496 e. The summed E-state index contributed by atoms with van der Waals surface area (Å²) in [4.78, 5) is 4.37. The lowest BCUT2D eigenvalue weighted by Crippen LogP contribution is -2.38. The molecule has 2 N–H and O–H groups in total. The predicted molar refractivity (Wildman–Crippen MR) is 125 cm³/mol. The Bertz CT molecular complexity index is 863. The number of hydrogen-bond donors (Lipinski definition) is 2. The first kappa shape index (κ1) is 22.9. The average Bonchev–Trinajstić information content (AvgIpc) is 3.32. The second kappa shape index (κ2) is 11.6. The highest BCUT2D eigenvalue weighted by Gasteiger charge is 2.17. The van der Waals surface area contributed by atoms with E-state index < -0.39 is 0 Å². The van der Waals surface area contributed by atoms with Gasteiger partial charge >= 0.3 is 0 Å². The zero-order valence-corrected chi connectivity index (χ0v) is 19.1. The molecular weight excluding hydrogens is 390 g/mol. The molecule has 2 aromatic carbocycles. The van der Waals surface area contributed by atoms with Gasteiger partial charge in [0.25, 0.3) is 0 Å². The van der Waals surface area contributed by atoms with E-state index in [1.54, 1.807) is 14.2 Å². The summed E-state index contributed by atoms with van der Waals surface area (Å²) in [6.07, 6.45) is 2.39. The highest BCUT2D eigenvalue weighted by Crippen LogP contribution is 2.25. The van der Waals surface area contributed by atoms with Crippen molar-refractivity contribution in [1.82, 2.24) is 10.6 Å². The SMILES string of the molecule is CN=C(NCc1ccc(C)cc1OCC1CCCO1)NCC(C)c1ccccc1OC. The zero-order valence-electron chi connectivity index (χ0n) is 19.1. The van der Waals surface area contributed by atoms with Crippen LogP contribution in [-0.4, -0.2) is 46.0 Å². The molecule has 2 aromatic rings. The van der Waals surface area contributed by atoms with E-state index >= 15 is 0 Å². The van der Waals surface area contributed by atoms with Crippen molar-refractivity contribution in [2.24, 2.45) is 4.99 Å². The van der Waals surface area contributed by atoms with Gasteiger partial charge in [0, 0.05) is 38.2 Å². The van der Waals surface area contributed by atoms with Gasteiger partial charge in [-0.05, 0) is 43.0 Å². The third-order valence-electron chi connectivity index (χ3n) is 5.59. The van der Waals surface area contributed by atoms with Crippen LogP contribution in [-0.2, 0) is 11.3 Å². The normalized spacial score (nSPS) is 17.3. The number of hydrogen-bond acceptors (Lipinski definition) is 4. The number of methoxy groups -OCH3 is 1. The molecule has 0 spiro atoms. The average molecular weight is 426 g/mol. The van der Waals surface area contributed by atoms with Gasteiger partial charge in [-0.2, -0.15) is 0 Å². The van der Waals surface area contributed by atoms with E-state index in [1.165, 1.54) is 11.1 Å². The van der Waals surface area contributed by atoms with Crippen molar-refractivity contribution < 1.29 is 14.2 Å². The molecule has 0 amide bonds. The van der Waals surface area contributed by atoms with Crippen molar-refractivity contribution in [3.8, 4) is 11.5 Å². The first-order chi connectivity index (χ1) is 15.1. The van der Waals surface area contributed by atoms with Gasteiger partial charge in [0.05, 0.1) is 13.2 Å². The van der Waals surface area contributed by atoms with Gasteiger partial charge in [-0.15, -0.1) is 0 Å². The monoisotopic (exact) mass is 425 g/mol. The van der Waals surface area contributed by atoms with Crippen LogP contribution in [0.5, 0.6) is 11.5 Å². The lowest BCUT2D eigenvalue weighted by atomic mass is 10.0. The molecule has 3 rings (SSSR count). The largest absolute Gasteiger partial charge is 0.496 e. The van der Waals surface area contributed by atoms with Crippen molar-refractivity contribution in [1.29, 1.82) is 0 Å². The number of aryl methyl sites for hydroxylation is 1. The smallest absolute Gasteiger partial charge is 0.191 e. The minimum atomic E-state index is 0.201. The molecular formula is C25H35N3O3. The van der Waals surface area contributed by atoms with Gasteiger partial charge in [0.15, 0.2) is 5.96 Å². The standard InChI is InChI=1S/C25H35N3O3/c1-18-11-12-20(24(14-18)31-17-21-8-7-13-30-21)16-28-25(26-3)27-15-19(2)22-9-5-6-10-23(22)29-4/h5-6,9-12,14,19,21H,7-8,13,15-17H2,1-4H3,(H2,26,27,28). The zero-order chi connectivity index (χ0) is 22.1. The number of para-hydroxylation sites is 1. The third-order valence-corrected chi connectivity index (χ3v) is 5.59. The van der Waals surface area contributed by atoms with Crippen molar-refractivity contribution in [3.05, 3.63) is 59.2 Å². The van der Waals surface area contributed by atoms with Crippen LogP contribution in [0.4, 0.5) is 0 Å². The topological polar surface area (TPSA) is 64.1 Å². The van der Waals surface area contributed by atoms with Gasteiger partial charge in [0.2, 0.25) is 0 Å². The van der Waals surface area contributed by atoms with Crippen LogP contribution in [0.2, 0.25) is 0 Å². The van der Waals surface area contributed by atoms with E-state index in [0.717, 1.165) is 49.0 Å². The highest BCUT2D eigenvalue weighted by atomic mass is 16.5. The third kappa shape index (κ3) is 6.62. The molecule has 6 heteroatoms. The fourth-order valence-electron chi connectivity index (χ4n) is 3.73. The lowest BCUT2D eigenvalue weighted by molar-refractivity contribution is 0.0676. The molecule has 1 saturated heterocycles. The summed E-state index contributed by atoms with van der Waals surface area (Å²) in [5.41, 5.74) is 3.46. The van der Waals surface area contributed by atoms with Crippen LogP contribution < -0.4 is 20.1 Å². The van der Waals surface area contributed by atoms with E-state index in [-0.39, 0.29) is 12.0 Å². The minimum absolute atomic E-state index is 0.201. The van der Waals surface area contributed by atoms with Gasteiger partial charge in [-0.25, -0.2) is 0 Å². The molecule has 0 saturated carbocycles. The fourth-order valence-corrected chi connectivity index (χ4v) is 3.73. The maximum Gasteiger partial charge on any atom is 0.191 e. The Hall–Kier alpha value is -2.73. The molecule has 1 fully saturated rings. The molecule has 0 aromatic heterocycles. The maximum atomic E-state index is 6.11. The van der Waals surface area contributed by atoms with Gasteiger partial charge < -0.3 is 24.8 Å². The lowest BCUT2D eigenvalue weighted by Gasteiger charge is -2.19. The molecule has 168 valence electrons. The summed E-state index contributed by atoms with van der Waals surface area (Å²) < 4.78 is 17.3. The number of nitrogens with one attached hydrogen (secondary N) is 2. The number of ether oxygens (including phenoxy) is 3. The molecule has 0 radical (unpaired) electrons. The molecule has 0 bridgehead atoms. The Labute approximate surface area is 186 Å². The van der Waals surface area contributed by atoms with Crippen LogP contribution in [0, 0.1) is 6.92 Å². The van der Waals surface area contributed by atoms with Crippen molar-refractivity contribution in [3.63, 3.8) is 0 Å². The second-order valence-electron chi connectivity index (χ2n) is 8.01. The fraction of sp³-hybridized carbons (Fsp3) is 0.480.